The van der Waals surface area contributed by atoms with Gasteiger partial charge in [-0.25, -0.2) is 0 Å². The minimum atomic E-state index is -4.94. The van der Waals surface area contributed by atoms with Crippen molar-refractivity contribution in [3.8, 4) is 6.07 Å². The Balaban J connectivity index is 0.00000456. The molecule has 36 heavy (non-hydrogen) atoms. The van der Waals surface area contributed by atoms with Gasteiger partial charge in [0.25, 0.3) is 0 Å². The van der Waals surface area contributed by atoms with Crippen molar-refractivity contribution in [3.05, 3.63) is 59.2 Å². The van der Waals surface area contributed by atoms with E-state index in [4.69, 9.17) is 11.0 Å². The quantitative estimate of drug-likeness (QED) is 0.433. The summed E-state index contributed by atoms with van der Waals surface area (Å²) in [6.45, 7) is -0.239. The van der Waals surface area contributed by atoms with Gasteiger partial charge in [0, 0.05) is 17.3 Å². The number of carbonyl (C=O) groups excluding carboxylic acids is 2. The highest BCUT2D eigenvalue weighted by molar-refractivity contribution is 5.96. The number of benzene rings is 2. The molecule has 3 atom stereocenters. The van der Waals surface area contributed by atoms with Gasteiger partial charge in [0.1, 0.15) is 6.04 Å². The van der Waals surface area contributed by atoms with Crippen LogP contribution in [0.2, 0.25) is 0 Å². The number of nitrogens with one attached hydrogen (secondary N) is 3. The third-order valence-corrected chi connectivity index (χ3v) is 5.46. The molecule has 7 nitrogen and oxygen atoms in total. The van der Waals surface area contributed by atoms with Gasteiger partial charge in [-0.15, -0.1) is 12.4 Å². The molecule has 1 unspecified atom stereocenters. The van der Waals surface area contributed by atoms with E-state index in [2.05, 4.69) is 16.0 Å². The number of nitriles is 1. The van der Waals surface area contributed by atoms with E-state index in [9.17, 15) is 35.9 Å². The van der Waals surface area contributed by atoms with Crippen molar-refractivity contribution in [2.24, 2.45) is 5.73 Å². The maximum absolute atomic E-state index is 13.7. The zero-order chi connectivity index (χ0) is 26.0. The monoisotopic (exact) mass is 535 g/mol. The molecule has 2 amide bonds. The molecule has 1 aliphatic heterocycles. The number of hydrogen-bond donors (Lipinski definition) is 4. The molecule has 1 heterocycles. The number of rotatable bonds is 5. The van der Waals surface area contributed by atoms with Gasteiger partial charge in [0.05, 0.1) is 29.8 Å². The summed E-state index contributed by atoms with van der Waals surface area (Å²) in [5, 5.41) is 16.0. The van der Waals surface area contributed by atoms with Crippen LogP contribution < -0.4 is 21.7 Å². The molecule has 0 bridgehead atoms. The first-order valence-electron chi connectivity index (χ1n) is 10.2. The third-order valence-electron chi connectivity index (χ3n) is 5.46. The predicted octanol–water partition coefficient (Wildman–Crippen LogP) is 3.91. The summed E-state index contributed by atoms with van der Waals surface area (Å²) in [7, 11) is 0. The fourth-order valence-corrected chi connectivity index (χ4v) is 3.83. The van der Waals surface area contributed by atoms with Gasteiger partial charge in [0.15, 0.2) is 0 Å². The van der Waals surface area contributed by atoms with Gasteiger partial charge < -0.3 is 16.4 Å². The van der Waals surface area contributed by atoms with Crippen LogP contribution in [-0.4, -0.2) is 36.6 Å². The smallest absolute Gasteiger partial charge is 0.325 e. The lowest BCUT2D eigenvalue weighted by molar-refractivity contribution is -0.156. The second kappa shape index (κ2) is 11.2. The van der Waals surface area contributed by atoms with Crippen molar-refractivity contribution in [1.82, 2.24) is 5.32 Å². The Morgan fingerprint density at radius 3 is 2.11 bits per heavy atom. The van der Waals surface area contributed by atoms with Crippen LogP contribution >= 0.6 is 12.4 Å². The van der Waals surface area contributed by atoms with Crippen molar-refractivity contribution in [3.63, 3.8) is 0 Å². The molecule has 1 fully saturated rings. The van der Waals surface area contributed by atoms with Crippen LogP contribution in [0.3, 0.4) is 0 Å². The summed E-state index contributed by atoms with van der Waals surface area (Å²) in [6, 6.07) is 5.85. The third kappa shape index (κ3) is 6.66. The Hall–Kier alpha value is -3.34. The van der Waals surface area contributed by atoms with E-state index < -0.39 is 59.7 Å². The maximum atomic E-state index is 13.7. The van der Waals surface area contributed by atoms with Crippen LogP contribution in [0.5, 0.6) is 0 Å². The average Bonchev–Trinajstić information content (AvgIpc) is 3.25. The first-order valence-corrected chi connectivity index (χ1v) is 10.2. The summed E-state index contributed by atoms with van der Waals surface area (Å²) in [6.07, 6.45) is -10.2. The summed E-state index contributed by atoms with van der Waals surface area (Å²) < 4.78 is 81.1. The summed E-state index contributed by atoms with van der Waals surface area (Å²) in [5.74, 6) is -2.75. The zero-order valence-corrected chi connectivity index (χ0v) is 19.0. The number of carbonyl (C=O) groups is 2. The lowest BCUT2D eigenvalue weighted by Crippen LogP contribution is -2.46. The molecule has 2 aromatic carbocycles. The summed E-state index contributed by atoms with van der Waals surface area (Å²) in [4.78, 5) is 24.0. The largest absolute Gasteiger partial charge is 0.417 e. The number of nitrogens with zero attached hydrogens (tertiary/aromatic N) is 1. The van der Waals surface area contributed by atoms with Gasteiger partial charge in [-0.3, -0.25) is 14.9 Å². The number of hydrogen-bond acceptors (Lipinski definition) is 5. The highest BCUT2D eigenvalue weighted by Crippen LogP contribution is 2.42. The molecular formula is C22H20ClF6N5O2. The fourth-order valence-electron chi connectivity index (χ4n) is 3.83. The van der Waals surface area contributed by atoms with E-state index in [1.54, 1.807) is 0 Å². The van der Waals surface area contributed by atoms with Crippen LogP contribution in [0.4, 0.5) is 37.7 Å². The van der Waals surface area contributed by atoms with Crippen LogP contribution in [0.25, 0.3) is 0 Å². The number of amides is 2. The van der Waals surface area contributed by atoms with Crippen molar-refractivity contribution in [2.45, 2.75) is 36.8 Å². The van der Waals surface area contributed by atoms with Crippen molar-refractivity contribution < 1.29 is 35.9 Å². The molecule has 14 heteroatoms. The lowest BCUT2D eigenvalue weighted by atomic mass is 9.88. The van der Waals surface area contributed by atoms with Gasteiger partial charge >= 0.3 is 12.4 Å². The maximum Gasteiger partial charge on any atom is 0.417 e. The van der Waals surface area contributed by atoms with Crippen LogP contribution in [0.15, 0.2) is 42.5 Å². The lowest BCUT2D eigenvalue weighted by Gasteiger charge is -2.23. The molecule has 0 aliphatic carbocycles. The summed E-state index contributed by atoms with van der Waals surface area (Å²) in [5.41, 5.74) is 3.47. The number of nitrogens with two attached hydrogens (primary N) is 1. The average molecular weight is 536 g/mol. The van der Waals surface area contributed by atoms with Gasteiger partial charge in [-0.2, -0.15) is 31.6 Å². The van der Waals surface area contributed by atoms with E-state index in [1.807, 2.05) is 0 Å². The normalized spacial score (nSPS) is 19.7. The highest BCUT2D eigenvalue weighted by atomic mass is 35.5. The molecule has 0 aromatic heterocycles. The number of halogens is 7. The molecule has 3 rings (SSSR count). The van der Waals surface area contributed by atoms with E-state index in [1.165, 1.54) is 30.3 Å². The second-order valence-electron chi connectivity index (χ2n) is 7.81. The Bertz CT molecular complexity index is 1150. The molecule has 194 valence electrons. The zero-order valence-electron chi connectivity index (χ0n) is 18.2. The fraction of sp³-hybridized carbons (Fsp3) is 0.318. The number of anilines is 2. The van der Waals surface area contributed by atoms with Crippen molar-refractivity contribution in [2.75, 3.05) is 17.2 Å². The van der Waals surface area contributed by atoms with Crippen LogP contribution in [0, 0.1) is 11.3 Å². The molecule has 2 aromatic rings. The molecule has 0 saturated carbocycles. The Kier molecular flexibility index (Phi) is 8.95. The molecule has 0 radical (unpaired) electrons. The second-order valence-corrected chi connectivity index (χ2v) is 7.81. The standard InChI is InChI=1S/C22H19F6N5O2.ClH/c23-21(24,25)16-7-11(1-2-12(16)9-29)15-8-17(33-19(15)22(26,27)28)20(35)32-14-5-3-13(4-6-14)31-18(34)10-30;/h1-7,15,17,19,33H,8,10,30H2,(H,31,34)(H,32,35);1H/t15?,17-,19+;/m0./s1. The van der Waals surface area contributed by atoms with Crippen molar-refractivity contribution in [1.29, 1.82) is 5.26 Å². The van der Waals surface area contributed by atoms with Crippen LogP contribution in [0.1, 0.15) is 29.0 Å². The Morgan fingerprint density at radius 2 is 1.61 bits per heavy atom. The Labute approximate surface area is 207 Å². The van der Waals surface area contributed by atoms with Crippen molar-refractivity contribution >= 4 is 35.6 Å². The molecule has 0 spiro atoms. The van der Waals surface area contributed by atoms with E-state index in [0.29, 0.717) is 11.8 Å². The number of alkyl halides is 6. The summed E-state index contributed by atoms with van der Waals surface area (Å²) >= 11 is 0. The minimum Gasteiger partial charge on any atom is -0.325 e. The molecule has 5 N–H and O–H groups in total. The van der Waals surface area contributed by atoms with Gasteiger partial charge in [-0.1, -0.05) is 6.07 Å². The van der Waals surface area contributed by atoms with E-state index in [0.717, 1.165) is 12.1 Å². The Morgan fingerprint density at radius 1 is 1.03 bits per heavy atom. The molecular weight excluding hydrogens is 516 g/mol. The van der Waals surface area contributed by atoms with E-state index >= 15 is 0 Å². The SMILES string of the molecule is Cl.N#Cc1ccc(C2C[C@@H](C(=O)Nc3ccc(NC(=O)CN)cc3)N[C@H]2C(F)(F)F)cc1C(F)(F)F. The first-order chi connectivity index (χ1) is 16.3. The van der Waals surface area contributed by atoms with E-state index in [-0.39, 0.29) is 30.2 Å². The topological polar surface area (TPSA) is 120 Å². The molecule has 1 aliphatic rings. The highest BCUT2D eigenvalue weighted by Gasteiger charge is 2.52. The van der Waals surface area contributed by atoms with Gasteiger partial charge in [0.2, 0.25) is 11.8 Å². The minimum absolute atomic E-state index is 0. The first kappa shape index (κ1) is 28.9. The predicted molar refractivity (Wildman–Crippen MR) is 120 cm³/mol. The van der Waals surface area contributed by atoms with Crippen LogP contribution in [-0.2, 0) is 15.8 Å². The molecule has 1 saturated heterocycles. The van der Waals surface area contributed by atoms with Gasteiger partial charge in [-0.05, 0) is 48.4 Å².